The minimum absolute atomic E-state index is 0.155. The molecule has 2 bridgehead atoms. The lowest BCUT2D eigenvalue weighted by Crippen LogP contribution is -2.35. The average Bonchev–Trinajstić information content (AvgIpc) is 3.69. The number of benzene rings is 1. The van der Waals surface area contributed by atoms with Gasteiger partial charge in [-0.15, -0.1) is 11.3 Å². The third kappa shape index (κ3) is 4.08. The van der Waals surface area contributed by atoms with E-state index < -0.39 is 0 Å². The number of H-pyrrole nitrogens is 1. The first-order valence-electron chi connectivity index (χ1n) is 14.1. The van der Waals surface area contributed by atoms with Crippen molar-refractivity contribution in [2.75, 3.05) is 32.7 Å². The van der Waals surface area contributed by atoms with Crippen molar-refractivity contribution in [2.45, 2.75) is 58.0 Å². The van der Waals surface area contributed by atoms with Gasteiger partial charge in [0.1, 0.15) is 4.83 Å². The summed E-state index contributed by atoms with van der Waals surface area (Å²) >= 11 is 1.70. The Morgan fingerprint density at radius 2 is 1.65 bits per heavy atom. The van der Waals surface area contributed by atoms with Gasteiger partial charge in [0.25, 0.3) is 5.91 Å². The van der Waals surface area contributed by atoms with Crippen LogP contribution in [0.15, 0.2) is 30.8 Å². The topological polar surface area (TPSA) is 51.4 Å². The van der Waals surface area contributed by atoms with Gasteiger partial charge in [0.05, 0.1) is 5.69 Å². The molecule has 1 amide bonds. The van der Waals surface area contributed by atoms with E-state index in [1.165, 1.54) is 64.3 Å². The van der Waals surface area contributed by atoms with E-state index in [1.54, 1.807) is 11.3 Å². The molecule has 3 aromatic rings. The predicted molar refractivity (Wildman–Crippen MR) is 153 cm³/mol. The molecule has 2 N–H and O–H groups in total. The van der Waals surface area contributed by atoms with Gasteiger partial charge in [-0.05, 0) is 100 Å². The first kappa shape index (κ1) is 23.7. The lowest BCUT2D eigenvalue weighted by molar-refractivity contribution is -0.126. The van der Waals surface area contributed by atoms with Crippen molar-refractivity contribution in [1.29, 1.82) is 0 Å². The Labute approximate surface area is 223 Å². The number of hydrogen-bond donors (Lipinski definition) is 2. The summed E-state index contributed by atoms with van der Waals surface area (Å²) in [6, 6.07) is 9.94. The second-order valence-electron chi connectivity index (χ2n) is 12.0. The summed E-state index contributed by atoms with van der Waals surface area (Å²) in [4.78, 5) is 24.3. The van der Waals surface area contributed by atoms with Gasteiger partial charge in [-0.3, -0.25) is 4.79 Å². The molecule has 37 heavy (non-hydrogen) atoms. The molecule has 0 saturated carbocycles. The minimum atomic E-state index is 0.155. The molecule has 4 fully saturated rings. The van der Waals surface area contributed by atoms with Crippen molar-refractivity contribution >= 4 is 33.0 Å². The molecule has 2 aromatic heterocycles. The lowest BCUT2D eigenvalue weighted by atomic mass is 9.99. The fraction of sp³-hybridized carbons (Fsp3) is 0.516. The van der Waals surface area contributed by atoms with E-state index in [0.717, 1.165) is 55.4 Å². The maximum Gasteiger partial charge on any atom is 0.255 e. The highest BCUT2D eigenvalue weighted by atomic mass is 32.1. The second kappa shape index (κ2) is 9.11. The van der Waals surface area contributed by atoms with Crippen LogP contribution >= 0.6 is 11.3 Å². The van der Waals surface area contributed by atoms with Crippen LogP contribution in [0.3, 0.4) is 0 Å². The molecule has 5 nitrogen and oxygen atoms in total. The van der Waals surface area contributed by atoms with E-state index in [4.69, 9.17) is 0 Å². The maximum atomic E-state index is 13.5. The Bertz CT molecular complexity index is 1330. The zero-order chi connectivity index (χ0) is 25.3. The van der Waals surface area contributed by atoms with E-state index in [2.05, 4.69) is 64.8 Å². The van der Waals surface area contributed by atoms with Crippen LogP contribution in [0.2, 0.25) is 0 Å². The highest BCUT2D eigenvalue weighted by Gasteiger charge is 2.43. The monoisotopic (exact) mass is 514 g/mol. The average molecular weight is 515 g/mol. The molecule has 6 heterocycles. The van der Waals surface area contributed by atoms with Crippen molar-refractivity contribution in [3.8, 4) is 11.3 Å². The molecular weight excluding hydrogens is 476 g/mol. The summed E-state index contributed by atoms with van der Waals surface area (Å²) in [5.41, 5.74) is 7.15. The summed E-state index contributed by atoms with van der Waals surface area (Å²) in [6.07, 6.45) is 5.65. The summed E-state index contributed by atoms with van der Waals surface area (Å²) in [5.74, 6) is 1.78. The first-order chi connectivity index (χ1) is 17.9. The van der Waals surface area contributed by atoms with Crippen molar-refractivity contribution in [2.24, 2.45) is 11.8 Å². The number of carbonyl (C=O) groups is 1. The number of carbonyl (C=O) groups excluding carboxylic acids is 1. The van der Waals surface area contributed by atoms with Gasteiger partial charge in [-0.2, -0.15) is 0 Å². The van der Waals surface area contributed by atoms with Crippen molar-refractivity contribution in [3.63, 3.8) is 0 Å². The third-order valence-electron chi connectivity index (χ3n) is 9.49. The van der Waals surface area contributed by atoms with Crippen molar-refractivity contribution in [1.82, 2.24) is 20.1 Å². The molecule has 0 spiro atoms. The lowest BCUT2D eigenvalue weighted by Gasteiger charge is -2.22. The first-order valence-corrected chi connectivity index (χ1v) is 14.9. The van der Waals surface area contributed by atoms with E-state index in [9.17, 15) is 4.79 Å². The SMILES string of the molecule is C=C(C(=O)N1C2CCC1CC2)c1cc2c(CCN3CC4CNCC4C3)c(-c3cc(C)cc(C)c3)[nH]c2s1. The number of aromatic amines is 1. The number of nitrogens with zero attached hydrogens (tertiary/aromatic N) is 2. The van der Waals surface area contributed by atoms with Gasteiger partial charge in [-0.1, -0.05) is 23.8 Å². The van der Waals surface area contributed by atoms with Crippen LogP contribution in [0.25, 0.3) is 27.0 Å². The molecule has 0 radical (unpaired) electrons. The zero-order valence-corrected chi connectivity index (χ0v) is 22.9. The molecule has 4 saturated heterocycles. The van der Waals surface area contributed by atoms with Gasteiger partial charge in [0, 0.05) is 47.6 Å². The van der Waals surface area contributed by atoms with E-state index in [0.29, 0.717) is 17.7 Å². The van der Waals surface area contributed by atoms with Gasteiger partial charge in [-0.25, -0.2) is 0 Å². The third-order valence-corrected chi connectivity index (χ3v) is 10.6. The highest BCUT2D eigenvalue weighted by Crippen LogP contribution is 2.42. The highest BCUT2D eigenvalue weighted by molar-refractivity contribution is 7.20. The Hall–Kier alpha value is -2.41. The Morgan fingerprint density at radius 3 is 2.30 bits per heavy atom. The summed E-state index contributed by atoms with van der Waals surface area (Å²) < 4.78 is 0. The van der Waals surface area contributed by atoms with E-state index >= 15 is 0 Å². The molecule has 2 atom stereocenters. The fourth-order valence-electron chi connectivity index (χ4n) is 7.72. The molecule has 6 heteroatoms. The number of likely N-dealkylation sites (tertiary alicyclic amines) is 1. The largest absolute Gasteiger partial charge is 0.346 e. The van der Waals surface area contributed by atoms with Gasteiger partial charge < -0.3 is 20.1 Å². The van der Waals surface area contributed by atoms with E-state index in [-0.39, 0.29) is 5.91 Å². The normalized spacial score (nSPS) is 27.0. The Morgan fingerprint density at radius 1 is 1.00 bits per heavy atom. The van der Waals surface area contributed by atoms with Crippen molar-refractivity contribution in [3.05, 3.63) is 52.4 Å². The Kier molecular flexibility index (Phi) is 5.83. The predicted octanol–water partition coefficient (Wildman–Crippen LogP) is 5.37. The van der Waals surface area contributed by atoms with Crippen LogP contribution in [-0.4, -0.2) is 65.5 Å². The summed E-state index contributed by atoms with van der Waals surface area (Å²) in [7, 11) is 0. The summed E-state index contributed by atoms with van der Waals surface area (Å²) in [6.45, 7) is 14.5. The molecule has 1 aromatic carbocycles. The smallest absolute Gasteiger partial charge is 0.255 e. The van der Waals surface area contributed by atoms with Crippen LogP contribution in [0.1, 0.15) is 47.3 Å². The molecular formula is C31H38N4OS. The number of amides is 1. The van der Waals surface area contributed by atoms with Gasteiger partial charge >= 0.3 is 0 Å². The second-order valence-corrected chi connectivity index (χ2v) is 13.1. The quantitative estimate of drug-likeness (QED) is 0.435. The number of thiophene rings is 1. The molecule has 4 aliphatic rings. The molecule has 194 valence electrons. The maximum absolute atomic E-state index is 13.5. The standard InChI is InChI=1S/C31H38N4OS/c1-18-10-19(2)12-21(11-18)29-26(8-9-34-16-22-14-32-15-23(22)17-34)27-13-28(37-30(27)33-29)20(3)31(36)35-24-4-5-25(35)7-6-24/h10-13,22-25,32-33H,3-9,14-17H2,1-2H3. The number of rotatable bonds is 6. The van der Waals surface area contributed by atoms with Crippen LogP contribution in [-0.2, 0) is 11.2 Å². The van der Waals surface area contributed by atoms with Crippen LogP contribution < -0.4 is 5.32 Å². The summed E-state index contributed by atoms with van der Waals surface area (Å²) in [5, 5.41) is 4.83. The number of aromatic nitrogens is 1. The Balaban J connectivity index is 1.20. The number of nitrogens with one attached hydrogen (secondary N) is 2. The van der Waals surface area contributed by atoms with E-state index in [1.807, 2.05) is 0 Å². The molecule has 7 rings (SSSR count). The fourth-order valence-corrected chi connectivity index (χ4v) is 8.77. The molecule has 0 aliphatic carbocycles. The number of fused-ring (bicyclic) bond motifs is 4. The van der Waals surface area contributed by atoms with Crippen LogP contribution in [0.4, 0.5) is 0 Å². The van der Waals surface area contributed by atoms with Gasteiger partial charge in [0.2, 0.25) is 0 Å². The zero-order valence-electron chi connectivity index (χ0n) is 22.1. The number of hydrogen-bond acceptors (Lipinski definition) is 4. The van der Waals surface area contributed by atoms with Crippen molar-refractivity contribution < 1.29 is 4.79 Å². The van der Waals surface area contributed by atoms with Gasteiger partial charge in [0.15, 0.2) is 0 Å². The minimum Gasteiger partial charge on any atom is -0.346 e. The van der Waals surface area contributed by atoms with Crippen LogP contribution in [0, 0.1) is 25.7 Å². The molecule has 2 unspecified atom stereocenters. The number of aryl methyl sites for hydroxylation is 2. The molecule has 4 aliphatic heterocycles. The van der Waals surface area contributed by atoms with Crippen LogP contribution in [0.5, 0.6) is 0 Å².